The lowest BCUT2D eigenvalue weighted by Crippen LogP contribution is -2.08. The van der Waals surface area contributed by atoms with Gasteiger partial charge in [-0.3, -0.25) is 4.79 Å². The van der Waals surface area contributed by atoms with E-state index in [0.717, 1.165) is 17.5 Å². The van der Waals surface area contributed by atoms with Crippen molar-refractivity contribution in [1.82, 2.24) is 0 Å². The van der Waals surface area contributed by atoms with Crippen LogP contribution in [-0.2, 0) is 11.2 Å². The van der Waals surface area contributed by atoms with Crippen LogP contribution in [0.1, 0.15) is 30.9 Å². The molecule has 0 amide bonds. The fourth-order valence-electron chi connectivity index (χ4n) is 1.55. The van der Waals surface area contributed by atoms with Crippen LogP contribution in [0.4, 0.5) is 0 Å². The van der Waals surface area contributed by atoms with Crippen molar-refractivity contribution in [2.24, 2.45) is 5.92 Å². The van der Waals surface area contributed by atoms with Crippen molar-refractivity contribution in [2.45, 2.75) is 26.2 Å². The highest BCUT2D eigenvalue weighted by molar-refractivity contribution is 5.75. The number of hydrogen-bond acceptors (Lipinski definition) is 2. The van der Waals surface area contributed by atoms with Crippen LogP contribution >= 0.6 is 0 Å². The van der Waals surface area contributed by atoms with Gasteiger partial charge >= 0.3 is 5.97 Å². The van der Waals surface area contributed by atoms with Crippen LogP contribution in [0.15, 0.2) is 24.3 Å². The van der Waals surface area contributed by atoms with Crippen LogP contribution in [-0.4, -0.2) is 22.8 Å². The first-order valence-electron chi connectivity index (χ1n) is 5.47. The Balaban J connectivity index is 2.71. The van der Waals surface area contributed by atoms with Gasteiger partial charge in [-0.15, -0.1) is 0 Å². The normalized spacial score (nSPS) is 14.4. The van der Waals surface area contributed by atoms with Gasteiger partial charge in [-0.2, -0.15) is 0 Å². The zero-order chi connectivity index (χ0) is 12.1. The molecule has 16 heavy (non-hydrogen) atoms. The van der Waals surface area contributed by atoms with Crippen molar-refractivity contribution < 1.29 is 15.0 Å². The Kier molecular flexibility index (Phi) is 4.50. The minimum atomic E-state index is -0.809. The summed E-state index contributed by atoms with van der Waals surface area (Å²) >= 11 is 0. The smallest absolute Gasteiger partial charge is 0.310 e. The van der Waals surface area contributed by atoms with Gasteiger partial charge in [0.1, 0.15) is 0 Å². The highest BCUT2D eigenvalue weighted by Gasteiger charge is 2.13. The number of aliphatic carboxylic acids is 1. The van der Waals surface area contributed by atoms with E-state index in [1.165, 1.54) is 0 Å². The van der Waals surface area contributed by atoms with Crippen LogP contribution in [0.3, 0.4) is 0 Å². The van der Waals surface area contributed by atoms with Gasteiger partial charge in [0, 0.05) is 6.61 Å². The van der Waals surface area contributed by atoms with Gasteiger partial charge in [-0.25, -0.2) is 0 Å². The summed E-state index contributed by atoms with van der Waals surface area (Å²) in [4.78, 5) is 10.8. The second-order valence-corrected chi connectivity index (χ2v) is 4.29. The molecular formula is C13H18O3. The molecule has 1 aromatic carbocycles. The number of carboxylic acids is 1. The van der Waals surface area contributed by atoms with E-state index in [-0.39, 0.29) is 12.5 Å². The summed E-state index contributed by atoms with van der Waals surface area (Å²) in [7, 11) is 0. The van der Waals surface area contributed by atoms with E-state index in [0.29, 0.717) is 0 Å². The molecule has 0 radical (unpaired) electrons. The number of aliphatic hydroxyl groups excluding tert-OH is 1. The lowest BCUT2D eigenvalue weighted by atomic mass is 9.96. The summed E-state index contributed by atoms with van der Waals surface area (Å²) in [6, 6.07) is 7.55. The highest BCUT2D eigenvalue weighted by Crippen LogP contribution is 2.17. The Bertz CT molecular complexity index is 343. The summed E-state index contributed by atoms with van der Waals surface area (Å²) in [6.07, 6.45) is 0.818. The minimum absolute atomic E-state index is 0.174. The quantitative estimate of drug-likeness (QED) is 0.801. The van der Waals surface area contributed by atoms with E-state index >= 15 is 0 Å². The van der Waals surface area contributed by atoms with Gasteiger partial charge < -0.3 is 10.2 Å². The van der Waals surface area contributed by atoms with Crippen molar-refractivity contribution in [3.63, 3.8) is 0 Å². The summed E-state index contributed by atoms with van der Waals surface area (Å²) in [5, 5.41) is 17.8. The molecule has 1 unspecified atom stereocenters. The number of benzene rings is 1. The first-order valence-corrected chi connectivity index (χ1v) is 5.47. The molecule has 0 aromatic heterocycles. The second-order valence-electron chi connectivity index (χ2n) is 4.29. The Morgan fingerprint density at radius 1 is 1.25 bits per heavy atom. The third-order valence-corrected chi connectivity index (χ3v) is 2.75. The molecule has 2 atom stereocenters. The van der Waals surface area contributed by atoms with Gasteiger partial charge in [0.25, 0.3) is 0 Å². The zero-order valence-electron chi connectivity index (χ0n) is 9.68. The lowest BCUT2D eigenvalue weighted by molar-refractivity contribution is -0.138. The minimum Gasteiger partial charge on any atom is -0.481 e. The van der Waals surface area contributed by atoms with Gasteiger partial charge in [0.2, 0.25) is 0 Å². The fraction of sp³-hybridized carbons (Fsp3) is 0.462. The van der Waals surface area contributed by atoms with E-state index in [1.54, 1.807) is 6.92 Å². The van der Waals surface area contributed by atoms with E-state index < -0.39 is 11.9 Å². The predicted molar refractivity (Wildman–Crippen MR) is 62.4 cm³/mol. The standard InChI is InChI=1S/C13H18O3/c1-9(8-14)7-11-3-5-12(6-4-11)10(2)13(15)16/h3-6,9-10,14H,7-8H2,1-2H3,(H,15,16)/t9?,10-/m1/s1. The van der Waals surface area contributed by atoms with Crippen LogP contribution in [0.25, 0.3) is 0 Å². The maximum atomic E-state index is 10.8. The molecule has 0 bridgehead atoms. The highest BCUT2D eigenvalue weighted by atomic mass is 16.4. The molecule has 0 aliphatic rings. The third kappa shape index (κ3) is 3.35. The van der Waals surface area contributed by atoms with E-state index in [4.69, 9.17) is 10.2 Å². The second kappa shape index (κ2) is 5.66. The molecule has 0 saturated carbocycles. The van der Waals surface area contributed by atoms with Crippen LogP contribution in [0.2, 0.25) is 0 Å². The number of rotatable bonds is 5. The van der Waals surface area contributed by atoms with E-state index in [1.807, 2.05) is 31.2 Å². The Morgan fingerprint density at radius 3 is 2.25 bits per heavy atom. The van der Waals surface area contributed by atoms with Crippen molar-refractivity contribution in [1.29, 1.82) is 0 Å². The molecule has 0 spiro atoms. The number of hydrogen-bond donors (Lipinski definition) is 2. The molecule has 1 aromatic rings. The van der Waals surface area contributed by atoms with Crippen molar-refractivity contribution in [3.8, 4) is 0 Å². The maximum Gasteiger partial charge on any atom is 0.310 e. The maximum absolute atomic E-state index is 10.8. The van der Waals surface area contributed by atoms with E-state index in [2.05, 4.69) is 0 Å². The SMILES string of the molecule is CC(CO)Cc1ccc([C@@H](C)C(=O)O)cc1. The van der Waals surface area contributed by atoms with Crippen molar-refractivity contribution >= 4 is 5.97 Å². The third-order valence-electron chi connectivity index (χ3n) is 2.75. The molecule has 0 heterocycles. The van der Waals surface area contributed by atoms with Gasteiger partial charge in [-0.05, 0) is 30.4 Å². The lowest BCUT2D eigenvalue weighted by Gasteiger charge is -2.10. The summed E-state index contributed by atoms with van der Waals surface area (Å²) in [5.74, 6) is -1.04. The number of aliphatic hydroxyl groups is 1. The molecule has 0 aliphatic carbocycles. The average molecular weight is 222 g/mol. The van der Waals surface area contributed by atoms with Gasteiger partial charge in [0.15, 0.2) is 0 Å². The van der Waals surface area contributed by atoms with E-state index in [9.17, 15) is 4.79 Å². The molecule has 0 saturated heterocycles. The summed E-state index contributed by atoms with van der Waals surface area (Å²) < 4.78 is 0. The van der Waals surface area contributed by atoms with Crippen LogP contribution in [0.5, 0.6) is 0 Å². The van der Waals surface area contributed by atoms with Crippen molar-refractivity contribution in [2.75, 3.05) is 6.61 Å². The number of carboxylic acid groups (broad SMARTS) is 1. The van der Waals surface area contributed by atoms with Crippen molar-refractivity contribution in [3.05, 3.63) is 35.4 Å². The molecule has 1 rings (SSSR count). The molecular weight excluding hydrogens is 204 g/mol. The average Bonchev–Trinajstić information content (AvgIpc) is 2.28. The zero-order valence-corrected chi connectivity index (χ0v) is 9.68. The molecule has 3 nitrogen and oxygen atoms in total. The largest absolute Gasteiger partial charge is 0.481 e. The fourth-order valence-corrected chi connectivity index (χ4v) is 1.55. The molecule has 88 valence electrons. The first kappa shape index (κ1) is 12.7. The Morgan fingerprint density at radius 2 is 1.81 bits per heavy atom. The summed E-state index contributed by atoms with van der Waals surface area (Å²) in [6.45, 7) is 3.83. The monoisotopic (exact) mass is 222 g/mol. The number of carbonyl (C=O) groups is 1. The summed E-state index contributed by atoms with van der Waals surface area (Å²) in [5.41, 5.74) is 1.94. The van der Waals surface area contributed by atoms with Crippen LogP contribution in [0, 0.1) is 5.92 Å². The molecule has 0 aliphatic heterocycles. The van der Waals surface area contributed by atoms with Gasteiger partial charge in [-0.1, -0.05) is 31.2 Å². The Labute approximate surface area is 95.7 Å². The molecule has 3 heteroatoms. The first-order chi connectivity index (χ1) is 7.54. The van der Waals surface area contributed by atoms with Crippen LogP contribution < -0.4 is 0 Å². The Hall–Kier alpha value is -1.35. The molecule has 0 fully saturated rings. The predicted octanol–water partition coefficient (Wildman–Crippen LogP) is 2.05. The topological polar surface area (TPSA) is 57.5 Å². The molecule has 2 N–H and O–H groups in total. The van der Waals surface area contributed by atoms with Gasteiger partial charge in [0.05, 0.1) is 5.92 Å².